The predicted molar refractivity (Wildman–Crippen MR) is 66.6 cm³/mol. The van der Waals surface area contributed by atoms with Gasteiger partial charge in [0, 0.05) is 5.69 Å². The molecule has 1 aliphatic heterocycles. The van der Waals surface area contributed by atoms with Gasteiger partial charge in [0.2, 0.25) is 5.91 Å². The third-order valence-corrected chi connectivity index (χ3v) is 4.76. The van der Waals surface area contributed by atoms with E-state index in [-0.39, 0.29) is 23.7 Å². The van der Waals surface area contributed by atoms with Crippen molar-refractivity contribution in [3.63, 3.8) is 0 Å². The molecule has 1 saturated carbocycles. The first kappa shape index (κ1) is 9.90. The highest BCUT2D eigenvalue weighted by atomic mass is 16.2. The maximum atomic E-state index is 12.5. The Morgan fingerprint density at radius 1 is 1.33 bits per heavy atom. The van der Waals surface area contributed by atoms with Crippen LogP contribution in [0, 0.1) is 29.1 Å². The summed E-state index contributed by atoms with van der Waals surface area (Å²) in [6.07, 6.45) is 5.16. The van der Waals surface area contributed by atoms with E-state index < -0.39 is 5.41 Å². The summed E-state index contributed by atoms with van der Waals surface area (Å²) in [5.41, 5.74) is 1.26. The second kappa shape index (κ2) is 3.02. The van der Waals surface area contributed by atoms with Crippen LogP contribution in [0.4, 0.5) is 5.69 Å². The van der Waals surface area contributed by atoms with Gasteiger partial charge in [-0.25, -0.2) is 0 Å². The average Bonchev–Trinajstić information content (AvgIpc) is 3.04. The van der Waals surface area contributed by atoms with Crippen LogP contribution in [0.25, 0.3) is 0 Å². The molecule has 0 aromatic heterocycles. The summed E-state index contributed by atoms with van der Waals surface area (Å²) in [4.78, 5) is 12.5. The number of para-hydroxylation sites is 1. The molecular formula is C15H12N2O. The van der Waals surface area contributed by atoms with E-state index >= 15 is 0 Å². The number of allylic oxidation sites excluding steroid dienone is 2. The number of benzene rings is 1. The van der Waals surface area contributed by atoms with Crippen LogP contribution in [0.5, 0.6) is 0 Å². The van der Waals surface area contributed by atoms with Crippen LogP contribution in [0.1, 0.15) is 12.0 Å². The zero-order valence-electron chi connectivity index (χ0n) is 9.76. The van der Waals surface area contributed by atoms with E-state index in [4.69, 9.17) is 0 Å². The lowest BCUT2D eigenvalue weighted by Gasteiger charge is -2.33. The average molecular weight is 236 g/mol. The number of hydrogen-bond acceptors (Lipinski definition) is 2. The van der Waals surface area contributed by atoms with Crippen molar-refractivity contribution in [3.05, 3.63) is 42.0 Å². The maximum Gasteiger partial charge on any atom is 0.237 e. The van der Waals surface area contributed by atoms with Gasteiger partial charge >= 0.3 is 0 Å². The van der Waals surface area contributed by atoms with Gasteiger partial charge in [0.1, 0.15) is 0 Å². The fraction of sp³-hybridized carbons (Fsp3) is 0.333. The SMILES string of the molecule is N#CC1[C@@H]2C=C[C@@H](C2)C12C(=O)Nc1ccccc12. The predicted octanol–water partition coefficient (Wildman–Crippen LogP) is 2.22. The Balaban J connectivity index is 2.02. The van der Waals surface area contributed by atoms with Gasteiger partial charge in [0.15, 0.2) is 0 Å². The molecule has 1 aromatic rings. The Morgan fingerprint density at radius 3 is 3.00 bits per heavy atom. The maximum absolute atomic E-state index is 12.5. The smallest absolute Gasteiger partial charge is 0.237 e. The van der Waals surface area contributed by atoms with Gasteiger partial charge in [-0.15, -0.1) is 0 Å². The molecule has 1 N–H and O–H groups in total. The molecule has 18 heavy (non-hydrogen) atoms. The molecule has 1 aromatic carbocycles. The van der Waals surface area contributed by atoms with Crippen LogP contribution in [-0.2, 0) is 10.2 Å². The number of fused-ring (bicyclic) bond motifs is 5. The topological polar surface area (TPSA) is 52.9 Å². The highest BCUT2D eigenvalue weighted by Crippen LogP contribution is 2.60. The largest absolute Gasteiger partial charge is 0.325 e. The van der Waals surface area contributed by atoms with Crippen LogP contribution in [0.15, 0.2) is 36.4 Å². The lowest BCUT2D eigenvalue weighted by Crippen LogP contribution is -2.44. The highest BCUT2D eigenvalue weighted by Gasteiger charge is 2.64. The van der Waals surface area contributed by atoms with E-state index in [2.05, 4.69) is 23.5 Å². The molecule has 4 rings (SSSR count). The van der Waals surface area contributed by atoms with Crippen LogP contribution in [0.2, 0.25) is 0 Å². The zero-order valence-corrected chi connectivity index (χ0v) is 9.76. The third-order valence-electron chi connectivity index (χ3n) is 4.76. The molecule has 1 fully saturated rings. The fourth-order valence-electron chi connectivity index (χ4n) is 4.06. The van der Waals surface area contributed by atoms with Crippen molar-refractivity contribution in [2.75, 3.05) is 5.32 Å². The quantitative estimate of drug-likeness (QED) is 0.702. The van der Waals surface area contributed by atoms with Crippen molar-refractivity contribution in [1.29, 1.82) is 5.26 Å². The summed E-state index contributed by atoms with van der Waals surface area (Å²) in [6, 6.07) is 10.2. The highest BCUT2D eigenvalue weighted by molar-refractivity contribution is 6.07. The van der Waals surface area contributed by atoms with Gasteiger partial charge in [-0.3, -0.25) is 4.79 Å². The minimum Gasteiger partial charge on any atom is -0.325 e. The van der Waals surface area contributed by atoms with E-state index in [0.717, 1.165) is 17.7 Å². The summed E-state index contributed by atoms with van der Waals surface area (Å²) in [6.45, 7) is 0. The van der Waals surface area contributed by atoms with E-state index in [9.17, 15) is 10.1 Å². The Labute approximate surface area is 105 Å². The van der Waals surface area contributed by atoms with Crippen LogP contribution < -0.4 is 5.32 Å². The zero-order chi connectivity index (χ0) is 12.3. The van der Waals surface area contributed by atoms with Gasteiger partial charge < -0.3 is 5.32 Å². The number of amides is 1. The van der Waals surface area contributed by atoms with Gasteiger partial charge in [0.05, 0.1) is 17.4 Å². The number of carbonyl (C=O) groups excluding carboxylic acids is 1. The number of nitriles is 1. The van der Waals surface area contributed by atoms with Gasteiger partial charge in [-0.1, -0.05) is 30.4 Å². The number of anilines is 1. The first-order valence-electron chi connectivity index (χ1n) is 6.27. The van der Waals surface area contributed by atoms with Crippen molar-refractivity contribution in [2.45, 2.75) is 11.8 Å². The molecule has 1 heterocycles. The van der Waals surface area contributed by atoms with Crippen molar-refractivity contribution >= 4 is 11.6 Å². The molecule has 3 aliphatic rings. The Hall–Kier alpha value is -2.08. The summed E-state index contributed by atoms with van der Waals surface area (Å²) in [7, 11) is 0. The molecule has 3 heteroatoms. The lowest BCUT2D eigenvalue weighted by atomic mass is 9.65. The Morgan fingerprint density at radius 2 is 2.17 bits per heavy atom. The molecule has 1 amide bonds. The number of nitrogens with one attached hydrogen (secondary N) is 1. The number of hydrogen-bond donors (Lipinski definition) is 1. The van der Waals surface area contributed by atoms with Gasteiger partial charge in [-0.05, 0) is 29.9 Å². The fourth-order valence-corrected chi connectivity index (χ4v) is 4.06. The molecule has 1 spiro atoms. The summed E-state index contributed by atoms with van der Waals surface area (Å²) in [5.74, 6) is 0.191. The van der Waals surface area contributed by atoms with Crippen molar-refractivity contribution in [1.82, 2.24) is 0 Å². The molecule has 3 nitrogen and oxygen atoms in total. The molecule has 88 valence electrons. The number of nitrogens with zero attached hydrogens (tertiary/aromatic N) is 1. The minimum atomic E-state index is -0.634. The monoisotopic (exact) mass is 236 g/mol. The first-order valence-corrected chi connectivity index (χ1v) is 6.27. The second-order valence-corrected chi connectivity index (χ2v) is 5.37. The van der Waals surface area contributed by atoms with E-state index in [0.29, 0.717) is 0 Å². The van der Waals surface area contributed by atoms with E-state index in [1.807, 2.05) is 24.3 Å². The molecule has 2 bridgehead atoms. The molecule has 0 radical (unpaired) electrons. The normalized spacial score (nSPS) is 38.8. The molecular weight excluding hydrogens is 224 g/mol. The van der Waals surface area contributed by atoms with Gasteiger partial charge in [0.25, 0.3) is 0 Å². The summed E-state index contributed by atoms with van der Waals surface area (Å²) < 4.78 is 0. The molecule has 4 atom stereocenters. The van der Waals surface area contributed by atoms with Gasteiger partial charge in [-0.2, -0.15) is 5.26 Å². The summed E-state index contributed by atoms with van der Waals surface area (Å²) >= 11 is 0. The van der Waals surface area contributed by atoms with Crippen molar-refractivity contribution in [2.24, 2.45) is 17.8 Å². The standard InChI is InChI=1S/C15H12N2O/c16-8-12-9-5-6-10(7-9)15(12)11-3-1-2-4-13(11)17-14(15)18/h1-6,9-10,12H,7H2,(H,17,18)/t9-,10+,12?,15?/m1/s1. The lowest BCUT2D eigenvalue weighted by molar-refractivity contribution is -0.122. The molecule has 0 saturated heterocycles. The molecule has 2 unspecified atom stereocenters. The Bertz CT molecular complexity index is 628. The van der Waals surface area contributed by atoms with Crippen LogP contribution in [0.3, 0.4) is 0 Å². The van der Waals surface area contributed by atoms with E-state index in [1.54, 1.807) is 0 Å². The minimum absolute atomic E-state index is 0.00657. The second-order valence-electron chi connectivity index (χ2n) is 5.37. The number of carbonyl (C=O) groups is 1. The summed E-state index contributed by atoms with van der Waals surface area (Å²) in [5, 5.41) is 12.4. The molecule has 2 aliphatic carbocycles. The van der Waals surface area contributed by atoms with Crippen molar-refractivity contribution < 1.29 is 4.79 Å². The number of rotatable bonds is 0. The Kier molecular flexibility index (Phi) is 1.66. The van der Waals surface area contributed by atoms with E-state index in [1.165, 1.54) is 0 Å². The van der Waals surface area contributed by atoms with Crippen LogP contribution in [-0.4, -0.2) is 5.91 Å². The third kappa shape index (κ3) is 0.862. The van der Waals surface area contributed by atoms with Crippen molar-refractivity contribution in [3.8, 4) is 6.07 Å². The van der Waals surface area contributed by atoms with Crippen LogP contribution >= 0.6 is 0 Å². The first-order chi connectivity index (χ1) is 8.78.